The van der Waals surface area contributed by atoms with Crippen LogP contribution in [-0.4, -0.2) is 33.9 Å². The van der Waals surface area contributed by atoms with Gasteiger partial charge in [0.25, 0.3) is 5.69 Å². The third-order valence-electron chi connectivity index (χ3n) is 3.86. The standard InChI is InChI=1S/C19H18N2O7/c22-17(14-4-2-1-3-5-14)11-10-16(18(23)24)20-19(25)28-12-13-6-8-15(9-7-13)21(26)27/h1-9,16H,10-12H2,(H,20,25)(H,23,24). The van der Waals surface area contributed by atoms with E-state index in [-0.39, 0.29) is 30.9 Å². The van der Waals surface area contributed by atoms with E-state index in [1.807, 2.05) is 0 Å². The quantitative estimate of drug-likeness (QED) is 0.384. The maximum Gasteiger partial charge on any atom is 0.408 e. The topological polar surface area (TPSA) is 136 Å². The van der Waals surface area contributed by atoms with Gasteiger partial charge in [0.15, 0.2) is 5.78 Å². The number of ketones is 1. The third-order valence-corrected chi connectivity index (χ3v) is 3.86. The van der Waals surface area contributed by atoms with Crippen LogP contribution in [-0.2, 0) is 16.1 Å². The summed E-state index contributed by atoms with van der Waals surface area (Å²) >= 11 is 0. The Morgan fingerprint density at radius 2 is 1.71 bits per heavy atom. The van der Waals surface area contributed by atoms with Crippen molar-refractivity contribution in [1.82, 2.24) is 5.32 Å². The van der Waals surface area contributed by atoms with Crippen molar-refractivity contribution in [2.75, 3.05) is 0 Å². The van der Waals surface area contributed by atoms with Gasteiger partial charge in [0.05, 0.1) is 4.92 Å². The molecule has 0 saturated heterocycles. The van der Waals surface area contributed by atoms with Crippen LogP contribution in [0.3, 0.4) is 0 Å². The van der Waals surface area contributed by atoms with Gasteiger partial charge in [0.1, 0.15) is 12.6 Å². The van der Waals surface area contributed by atoms with Gasteiger partial charge in [-0.1, -0.05) is 30.3 Å². The minimum atomic E-state index is -1.28. The van der Waals surface area contributed by atoms with E-state index in [1.54, 1.807) is 30.3 Å². The number of rotatable bonds is 9. The third kappa shape index (κ3) is 6.20. The number of Topliss-reactive ketones (excluding diaryl/α,β-unsaturated/α-hetero) is 1. The van der Waals surface area contributed by atoms with Crippen molar-refractivity contribution in [2.45, 2.75) is 25.5 Å². The van der Waals surface area contributed by atoms with Gasteiger partial charge < -0.3 is 15.2 Å². The molecule has 1 amide bonds. The Bertz CT molecular complexity index is 850. The summed E-state index contributed by atoms with van der Waals surface area (Å²) in [5.41, 5.74) is 0.876. The highest BCUT2D eigenvalue weighted by atomic mass is 16.6. The zero-order valence-corrected chi connectivity index (χ0v) is 14.7. The predicted molar refractivity (Wildman–Crippen MR) is 97.8 cm³/mol. The molecule has 0 bridgehead atoms. The molecule has 0 radical (unpaired) electrons. The lowest BCUT2D eigenvalue weighted by atomic mass is 10.0. The summed E-state index contributed by atoms with van der Waals surface area (Å²) in [6.07, 6.45) is -1.10. The highest BCUT2D eigenvalue weighted by molar-refractivity contribution is 5.96. The number of aliphatic carboxylic acids is 1. The largest absolute Gasteiger partial charge is 0.480 e. The Labute approximate surface area is 160 Å². The summed E-state index contributed by atoms with van der Waals surface area (Å²) in [6, 6.07) is 12.5. The summed E-state index contributed by atoms with van der Waals surface area (Å²) < 4.78 is 4.93. The molecule has 0 spiro atoms. The Morgan fingerprint density at radius 3 is 2.29 bits per heavy atom. The second-order valence-electron chi connectivity index (χ2n) is 5.86. The Hall–Kier alpha value is -3.75. The fourth-order valence-corrected chi connectivity index (χ4v) is 2.35. The van der Waals surface area contributed by atoms with Crippen LogP contribution in [0.15, 0.2) is 54.6 Å². The van der Waals surface area contributed by atoms with E-state index in [9.17, 15) is 29.6 Å². The SMILES string of the molecule is O=C(NC(CCC(=O)c1ccccc1)C(=O)O)OCc1ccc([N+](=O)[O-])cc1. The average molecular weight is 386 g/mol. The van der Waals surface area contributed by atoms with Crippen molar-refractivity contribution in [2.24, 2.45) is 0 Å². The molecule has 0 aliphatic rings. The van der Waals surface area contributed by atoms with E-state index >= 15 is 0 Å². The fraction of sp³-hybridized carbons (Fsp3) is 0.211. The number of alkyl carbamates (subject to hydrolysis) is 1. The molecule has 0 heterocycles. The molecule has 2 aromatic rings. The zero-order chi connectivity index (χ0) is 20.5. The Kier molecular flexibility index (Phi) is 7.21. The van der Waals surface area contributed by atoms with Crippen LogP contribution in [0.25, 0.3) is 0 Å². The molecule has 9 heteroatoms. The number of carbonyl (C=O) groups excluding carboxylic acids is 2. The first-order valence-corrected chi connectivity index (χ1v) is 8.34. The highest BCUT2D eigenvalue weighted by Crippen LogP contribution is 2.13. The minimum absolute atomic E-state index is 0.0520. The van der Waals surface area contributed by atoms with E-state index < -0.39 is 23.0 Å². The molecule has 2 aromatic carbocycles. The Morgan fingerprint density at radius 1 is 1.07 bits per heavy atom. The van der Waals surface area contributed by atoms with Crippen molar-refractivity contribution in [1.29, 1.82) is 0 Å². The van der Waals surface area contributed by atoms with Crippen LogP contribution in [0.1, 0.15) is 28.8 Å². The molecule has 0 aliphatic carbocycles. The maximum absolute atomic E-state index is 12.1. The van der Waals surface area contributed by atoms with Gasteiger partial charge in [-0.15, -0.1) is 0 Å². The summed E-state index contributed by atoms with van der Waals surface area (Å²) in [5.74, 6) is -1.51. The van der Waals surface area contributed by atoms with E-state index in [1.165, 1.54) is 24.3 Å². The number of carboxylic acid groups (broad SMARTS) is 1. The van der Waals surface area contributed by atoms with Crippen molar-refractivity contribution in [3.63, 3.8) is 0 Å². The molecule has 0 aromatic heterocycles. The van der Waals surface area contributed by atoms with Crippen LogP contribution in [0, 0.1) is 10.1 Å². The number of ether oxygens (including phenoxy) is 1. The normalized spacial score (nSPS) is 11.3. The molecular formula is C19H18N2O7. The number of nitrogens with one attached hydrogen (secondary N) is 1. The molecule has 9 nitrogen and oxygen atoms in total. The number of amides is 1. The van der Waals surface area contributed by atoms with Gasteiger partial charge in [-0.05, 0) is 24.1 Å². The smallest absolute Gasteiger partial charge is 0.408 e. The Balaban J connectivity index is 1.84. The van der Waals surface area contributed by atoms with E-state index in [4.69, 9.17) is 4.74 Å². The lowest BCUT2D eigenvalue weighted by molar-refractivity contribution is -0.384. The van der Waals surface area contributed by atoms with Crippen LogP contribution >= 0.6 is 0 Å². The number of nitrogens with zero attached hydrogens (tertiary/aromatic N) is 1. The number of hydrogen-bond donors (Lipinski definition) is 2. The van der Waals surface area contributed by atoms with Crippen LogP contribution < -0.4 is 5.32 Å². The molecule has 2 N–H and O–H groups in total. The van der Waals surface area contributed by atoms with Crippen molar-refractivity contribution in [3.05, 3.63) is 75.8 Å². The number of benzene rings is 2. The number of non-ortho nitro benzene ring substituents is 1. The fourth-order valence-electron chi connectivity index (χ4n) is 2.35. The molecule has 1 unspecified atom stereocenters. The summed E-state index contributed by atoms with van der Waals surface area (Å²) in [5, 5.41) is 22.0. The summed E-state index contributed by atoms with van der Waals surface area (Å²) in [6.45, 7) is -0.181. The van der Waals surface area contributed by atoms with Crippen molar-refractivity contribution < 1.29 is 29.2 Å². The second-order valence-corrected chi connectivity index (χ2v) is 5.86. The summed E-state index contributed by atoms with van der Waals surface area (Å²) in [7, 11) is 0. The minimum Gasteiger partial charge on any atom is -0.480 e. The first-order valence-electron chi connectivity index (χ1n) is 8.34. The summed E-state index contributed by atoms with van der Waals surface area (Å²) in [4.78, 5) is 45.2. The van der Waals surface area contributed by atoms with Crippen LogP contribution in [0.4, 0.5) is 10.5 Å². The van der Waals surface area contributed by atoms with Gasteiger partial charge in [0.2, 0.25) is 0 Å². The first-order chi connectivity index (χ1) is 13.4. The van der Waals surface area contributed by atoms with Gasteiger partial charge in [-0.2, -0.15) is 0 Å². The van der Waals surface area contributed by atoms with Gasteiger partial charge in [0, 0.05) is 24.1 Å². The number of carboxylic acids is 1. The number of carbonyl (C=O) groups is 3. The van der Waals surface area contributed by atoms with Gasteiger partial charge in [-0.25, -0.2) is 9.59 Å². The molecular weight excluding hydrogens is 368 g/mol. The second kappa shape index (κ2) is 9.81. The van der Waals surface area contributed by atoms with E-state index in [0.29, 0.717) is 11.1 Å². The highest BCUT2D eigenvalue weighted by Gasteiger charge is 2.22. The predicted octanol–water partition coefficient (Wildman–Crippen LogP) is 2.94. The van der Waals surface area contributed by atoms with Crippen LogP contribution in [0.5, 0.6) is 0 Å². The number of nitro groups is 1. The van der Waals surface area contributed by atoms with E-state index in [2.05, 4.69) is 5.32 Å². The maximum atomic E-state index is 12.1. The molecule has 28 heavy (non-hydrogen) atoms. The molecule has 0 saturated carbocycles. The monoisotopic (exact) mass is 386 g/mol. The van der Waals surface area contributed by atoms with Crippen LogP contribution in [0.2, 0.25) is 0 Å². The molecule has 0 aliphatic heterocycles. The number of hydrogen-bond acceptors (Lipinski definition) is 6. The molecule has 0 fully saturated rings. The van der Waals surface area contributed by atoms with Gasteiger partial charge in [-0.3, -0.25) is 14.9 Å². The van der Waals surface area contributed by atoms with E-state index in [0.717, 1.165) is 0 Å². The first kappa shape index (κ1) is 20.6. The molecule has 1 atom stereocenters. The van der Waals surface area contributed by atoms with Crippen molar-refractivity contribution in [3.8, 4) is 0 Å². The van der Waals surface area contributed by atoms with Gasteiger partial charge >= 0.3 is 12.1 Å². The lowest BCUT2D eigenvalue weighted by Crippen LogP contribution is -2.41. The average Bonchev–Trinajstić information content (AvgIpc) is 2.70. The van der Waals surface area contributed by atoms with Crippen molar-refractivity contribution >= 4 is 23.5 Å². The number of nitro benzene ring substituents is 1. The lowest BCUT2D eigenvalue weighted by Gasteiger charge is -2.14. The zero-order valence-electron chi connectivity index (χ0n) is 14.7. The molecule has 146 valence electrons. The molecule has 2 rings (SSSR count).